The summed E-state index contributed by atoms with van der Waals surface area (Å²) in [5.41, 5.74) is 1.64. The van der Waals surface area contributed by atoms with Crippen LogP contribution in [0.2, 0.25) is 0 Å². The molecule has 134 valence electrons. The van der Waals surface area contributed by atoms with E-state index in [0.717, 1.165) is 75.5 Å². The second-order valence-corrected chi connectivity index (χ2v) is 7.84. The van der Waals surface area contributed by atoms with Gasteiger partial charge in [0, 0.05) is 50.2 Å². The van der Waals surface area contributed by atoms with E-state index in [-0.39, 0.29) is 12.0 Å². The van der Waals surface area contributed by atoms with Crippen molar-refractivity contribution in [2.75, 3.05) is 37.6 Å². The number of aliphatic hydroxyl groups excluding tert-OH is 1. The Balaban J connectivity index is 1.39. The van der Waals surface area contributed by atoms with Crippen molar-refractivity contribution in [1.82, 2.24) is 20.2 Å². The molecule has 1 aromatic heterocycles. The molecule has 2 saturated heterocycles. The molecule has 1 aliphatic carbocycles. The van der Waals surface area contributed by atoms with E-state index in [2.05, 4.69) is 20.1 Å². The van der Waals surface area contributed by atoms with Crippen LogP contribution in [-0.4, -0.2) is 70.8 Å². The Morgan fingerprint density at radius 1 is 1.08 bits per heavy atom. The van der Waals surface area contributed by atoms with Gasteiger partial charge in [-0.05, 0) is 32.1 Å². The zero-order valence-corrected chi connectivity index (χ0v) is 14.4. The van der Waals surface area contributed by atoms with Gasteiger partial charge >= 0.3 is 0 Å². The van der Waals surface area contributed by atoms with Gasteiger partial charge in [0.1, 0.15) is 17.3 Å². The molecule has 4 heterocycles. The molecule has 25 heavy (non-hydrogen) atoms. The number of β-amino-alcohol motifs (C(OH)–C–C–N with tert-alkyl or cyclic N) is 1. The van der Waals surface area contributed by atoms with E-state index < -0.39 is 0 Å². The average molecular weight is 343 g/mol. The Hall–Kier alpha value is -1.73. The monoisotopic (exact) mass is 343 g/mol. The summed E-state index contributed by atoms with van der Waals surface area (Å²) in [6, 6.07) is 0.573. The summed E-state index contributed by atoms with van der Waals surface area (Å²) >= 11 is 0. The number of piperidine rings is 1. The van der Waals surface area contributed by atoms with Gasteiger partial charge in [0.2, 0.25) is 0 Å². The second kappa shape index (κ2) is 5.92. The van der Waals surface area contributed by atoms with E-state index in [1.165, 1.54) is 0 Å². The Bertz CT molecular complexity index is 691. The van der Waals surface area contributed by atoms with Gasteiger partial charge in [-0.2, -0.15) is 0 Å². The minimum Gasteiger partial charge on any atom is -0.390 e. The van der Waals surface area contributed by atoms with E-state index in [1.807, 2.05) is 0 Å². The van der Waals surface area contributed by atoms with E-state index >= 15 is 0 Å². The molecule has 0 bridgehead atoms. The van der Waals surface area contributed by atoms with Crippen LogP contribution in [0.5, 0.6) is 0 Å². The van der Waals surface area contributed by atoms with E-state index in [4.69, 9.17) is 4.98 Å². The molecular formula is C18H25N5O2. The first-order valence-electron chi connectivity index (χ1n) is 9.55. The van der Waals surface area contributed by atoms with Gasteiger partial charge in [0.15, 0.2) is 0 Å². The van der Waals surface area contributed by atoms with Crippen molar-refractivity contribution in [3.63, 3.8) is 0 Å². The number of likely N-dealkylation sites (tertiary alicyclic amines) is 1. The third kappa shape index (κ3) is 2.79. The largest absolute Gasteiger partial charge is 0.390 e. The summed E-state index contributed by atoms with van der Waals surface area (Å²) in [6.45, 7) is 4.24. The van der Waals surface area contributed by atoms with Gasteiger partial charge in [-0.25, -0.2) is 9.97 Å². The lowest BCUT2D eigenvalue weighted by Crippen LogP contribution is -2.58. The summed E-state index contributed by atoms with van der Waals surface area (Å²) < 4.78 is 0. The van der Waals surface area contributed by atoms with Gasteiger partial charge in [0.25, 0.3) is 5.91 Å². The predicted octanol–water partition coefficient (Wildman–Crippen LogP) is 0.285. The van der Waals surface area contributed by atoms with Crippen LogP contribution in [0.4, 0.5) is 5.82 Å². The number of hydrogen-bond donors (Lipinski definition) is 2. The lowest BCUT2D eigenvalue weighted by atomic mass is 9.97. The zero-order valence-electron chi connectivity index (χ0n) is 14.4. The molecule has 7 heteroatoms. The second-order valence-electron chi connectivity index (χ2n) is 7.84. The minimum absolute atomic E-state index is 0.0451. The fraction of sp³-hybridized carbons (Fsp3) is 0.722. The van der Waals surface area contributed by atoms with Gasteiger partial charge in [-0.1, -0.05) is 0 Å². The first kappa shape index (κ1) is 15.5. The first-order chi connectivity index (χ1) is 12.2. The lowest BCUT2D eigenvalue weighted by molar-refractivity contribution is -0.0301. The molecule has 0 radical (unpaired) electrons. The van der Waals surface area contributed by atoms with Crippen LogP contribution in [0.25, 0.3) is 0 Å². The average Bonchev–Trinajstić information content (AvgIpc) is 3.44. The minimum atomic E-state index is -0.133. The molecule has 1 saturated carbocycles. The summed E-state index contributed by atoms with van der Waals surface area (Å²) in [5.74, 6) is 2.26. The number of fused-ring (bicyclic) bond motifs is 1. The van der Waals surface area contributed by atoms with E-state index in [1.54, 1.807) is 0 Å². The summed E-state index contributed by atoms with van der Waals surface area (Å²) in [7, 11) is 0. The molecule has 3 aliphatic heterocycles. The van der Waals surface area contributed by atoms with Gasteiger partial charge in [0.05, 0.1) is 6.10 Å². The number of amides is 1. The topological polar surface area (TPSA) is 81.6 Å². The van der Waals surface area contributed by atoms with Crippen LogP contribution in [0.1, 0.15) is 53.5 Å². The normalized spacial score (nSPS) is 25.5. The number of nitrogens with zero attached hydrogens (tertiary/aromatic N) is 4. The molecule has 1 amide bonds. The van der Waals surface area contributed by atoms with Crippen molar-refractivity contribution in [2.24, 2.45) is 0 Å². The number of carbonyl (C=O) groups excluding carboxylic acids is 1. The van der Waals surface area contributed by atoms with Crippen molar-refractivity contribution in [3.8, 4) is 0 Å². The number of aliphatic hydroxyl groups is 1. The third-order valence-electron chi connectivity index (χ3n) is 5.99. The molecule has 0 spiro atoms. The van der Waals surface area contributed by atoms with Gasteiger partial charge in [-0.3, -0.25) is 9.69 Å². The van der Waals surface area contributed by atoms with Crippen LogP contribution in [0.3, 0.4) is 0 Å². The number of nitrogens with one attached hydrogen (secondary N) is 1. The zero-order chi connectivity index (χ0) is 17.0. The number of aromatic nitrogens is 2. The van der Waals surface area contributed by atoms with Crippen LogP contribution in [-0.2, 0) is 6.42 Å². The Morgan fingerprint density at radius 2 is 1.84 bits per heavy atom. The highest BCUT2D eigenvalue weighted by molar-refractivity contribution is 5.96. The number of carbonyl (C=O) groups is 1. The number of hydrogen-bond acceptors (Lipinski definition) is 6. The Kier molecular flexibility index (Phi) is 3.67. The smallest absolute Gasteiger partial charge is 0.270 e. The molecule has 3 fully saturated rings. The highest BCUT2D eigenvalue weighted by Crippen LogP contribution is 2.40. The maximum atomic E-state index is 12.3. The quantitative estimate of drug-likeness (QED) is 0.821. The maximum absolute atomic E-state index is 12.3. The highest BCUT2D eigenvalue weighted by atomic mass is 16.3. The van der Waals surface area contributed by atoms with Crippen molar-refractivity contribution < 1.29 is 9.90 Å². The Morgan fingerprint density at radius 3 is 2.52 bits per heavy atom. The van der Waals surface area contributed by atoms with Gasteiger partial charge in [-0.15, -0.1) is 0 Å². The fourth-order valence-electron chi connectivity index (χ4n) is 4.31. The molecule has 5 rings (SSSR count). The first-order valence-corrected chi connectivity index (χ1v) is 9.55. The predicted molar refractivity (Wildman–Crippen MR) is 92.9 cm³/mol. The molecule has 4 aliphatic rings. The van der Waals surface area contributed by atoms with Crippen LogP contribution in [0.15, 0.2) is 0 Å². The molecular weight excluding hydrogens is 318 g/mol. The van der Waals surface area contributed by atoms with Crippen molar-refractivity contribution in [3.05, 3.63) is 17.1 Å². The van der Waals surface area contributed by atoms with Crippen LogP contribution in [0, 0.1) is 0 Å². The summed E-state index contributed by atoms with van der Waals surface area (Å²) in [4.78, 5) is 26.5. The van der Waals surface area contributed by atoms with Crippen molar-refractivity contribution in [2.45, 2.75) is 50.2 Å². The van der Waals surface area contributed by atoms with Crippen molar-refractivity contribution in [1.29, 1.82) is 0 Å². The fourth-order valence-corrected chi connectivity index (χ4v) is 4.31. The number of anilines is 1. The number of rotatable bonds is 3. The highest BCUT2D eigenvalue weighted by Gasteiger charge is 2.36. The van der Waals surface area contributed by atoms with Crippen molar-refractivity contribution >= 4 is 11.7 Å². The van der Waals surface area contributed by atoms with Crippen LogP contribution >= 0.6 is 0 Å². The molecule has 7 nitrogen and oxygen atoms in total. The molecule has 0 atom stereocenters. The summed E-state index contributed by atoms with van der Waals surface area (Å²) in [6.07, 6.45) is 5.15. The standard InChI is InChI=1S/C18H25N5O2/c24-13-9-23(10-13)12-4-7-22(8-5-12)17-14-3-6-19-18(25)15(14)20-16(21-17)11-1-2-11/h11-13,24H,1-10H2,(H,19,25). The third-order valence-corrected chi connectivity index (χ3v) is 5.99. The van der Waals surface area contributed by atoms with Crippen LogP contribution < -0.4 is 10.2 Å². The SMILES string of the molecule is O=C1NCCc2c1nc(C1CC1)nc2N1CCC(N2CC(O)C2)CC1. The molecule has 1 aromatic rings. The lowest BCUT2D eigenvalue weighted by Gasteiger charge is -2.45. The van der Waals surface area contributed by atoms with E-state index in [0.29, 0.717) is 24.2 Å². The molecule has 0 aromatic carbocycles. The Labute approximate surface area is 147 Å². The maximum Gasteiger partial charge on any atom is 0.270 e. The summed E-state index contributed by atoms with van der Waals surface area (Å²) in [5, 5.41) is 12.4. The molecule has 2 N–H and O–H groups in total. The van der Waals surface area contributed by atoms with E-state index in [9.17, 15) is 9.90 Å². The molecule has 0 unspecified atom stereocenters. The van der Waals surface area contributed by atoms with Gasteiger partial charge < -0.3 is 15.3 Å².